The van der Waals surface area contributed by atoms with Crippen LogP contribution in [-0.4, -0.2) is 62.3 Å². The third-order valence-electron chi connectivity index (χ3n) is 6.80. The minimum atomic E-state index is -3.77. The van der Waals surface area contributed by atoms with E-state index in [2.05, 4.69) is 29.0 Å². The topological polar surface area (TPSA) is 95.9 Å². The third kappa shape index (κ3) is 6.79. The zero-order chi connectivity index (χ0) is 24.8. The molecule has 0 unspecified atom stereocenters. The van der Waals surface area contributed by atoms with Crippen LogP contribution in [0.3, 0.4) is 0 Å². The Labute approximate surface area is 207 Å². The summed E-state index contributed by atoms with van der Waals surface area (Å²) >= 11 is 0. The van der Waals surface area contributed by atoms with Gasteiger partial charge in [-0.3, -0.25) is 4.79 Å². The molecule has 2 aromatic rings. The molecule has 1 amide bonds. The van der Waals surface area contributed by atoms with Crippen molar-refractivity contribution in [1.82, 2.24) is 9.62 Å². The third-order valence-corrected chi connectivity index (χ3v) is 8.27. The van der Waals surface area contributed by atoms with Crippen LogP contribution in [0.4, 0.5) is 0 Å². The van der Waals surface area contributed by atoms with E-state index < -0.39 is 28.3 Å². The highest BCUT2D eigenvalue weighted by Gasteiger charge is 2.32. The Morgan fingerprint density at radius 2 is 1.74 bits per heavy atom. The van der Waals surface area contributed by atoms with E-state index in [1.807, 2.05) is 17.9 Å². The molecule has 0 radical (unpaired) electrons. The Bertz CT molecular complexity index is 1110. The van der Waals surface area contributed by atoms with Crippen LogP contribution in [0.25, 0.3) is 0 Å². The highest BCUT2D eigenvalue weighted by atomic mass is 32.2. The number of carbonyl (C=O) groups is 1. The maximum absolute atomic E-state index is 12.9. The SMILES string of the molecule is Cc1ccc(S(=O)(=O)N[C@H]2C=C[C@H](CC(=O)N3CCC(Cc4ccccc4)CC3)O[C@H]2CO)cc1. The maximum atomic E-state index is 12.9. The van der Waals surface area contributed by atoms with Crippen molar-refractivity contribution in [3.8, 4) is 0 Å². The molecule has 188 valence electrons. The molecule has 2 N–H and O–H groups in total. The predicted molar refractivity (Wildman–Crippen MR) is 134 cm³/mol. The molecule has 1 saturated heterocycles. The molecule has 0 spiro atoms. The van der Waals surface area contributed by atoms with Gasteiger partial charge in [-0.25, -0.2) is 13.1 Å². The highest BCUT2D eigenvalue weighted by Crippen LogP contribution is 2.24. The van der Waals surface area contributed by atoms with E-state index in [0.717, 1.165) is 37.9 Å². The van der Waals surface area contributed by atoms with Gasteiger partial charge in [0.2, 0.25) is 15.9 Å². The van der Waals surface area contributed by atoms with Crippen LogP contribution in [0.1, 0.15) is 30.4 Å². The van der Waals surface area contributed by atoms with E-state index in [1.165, 1.54) is 5.56 Å². The fourth-order valence-electron chi connectivity index (χ4n) is 4.71. The number of carbonyl (C=O) groups excluding carboxylic acids is 1. The summed E-state index contributed by atoms with van der Waals surface area (Å²) in [7, 11) is -3.77. The Morgan fingerprint density at radius 3 is 2.40 bits per heavy atom. The summed E-state index contributed by atoms with van der Waals surface area (Å²) in [6.07, 6.45) is 5.29. The zero-order valence-electron chi connectivity index (χ0n) is 20.0. The molecule has 3 atom stereocenters. The van der Waals surface area contributed by atoms with E-state index in [-0.39, 0.29) is 23.8 Å². The molecule has 2 aromatic carbocycles. The lowest BCUT2D eigenvalue weighted by Crippen LogP contribution is -2.49. The summed E-state index contributed by atoms with van der Waals surface area (Å²) < 4.78 is 34.0. The van der Waals surface area contributed by atoms with E-state index >= 15 is 0 Å². The predicted octanol–water partition coefficient (Wildman–Crippen LogP) is 2.83. The number of piperidine rings is 1. The largest absolute Gasteiger partial charge is 0.394 e. The van der Waals surface area contributed by atoms with Crippen LogP contribution in [0.5, 0.6) is 0 Å². The van der Waals surface area contributed by atoms with Gasteiger partial charge in [-0.15, -0.1) is 0 Å². The lowest BCUT2D eigenvalue weighted by atomic mass is 9.90. The monoisotopic (exact) mass is 498 g/mol. The number of hydrogen-bond acceptors (Lipinski definition) is 5. The molecule has 35 heavy (non-hydrogen) atoms. The normalized spacial score (nSPS) is 23.4. The second-order valence-electron chi connectivity index (χ2n) is 9.46. The van der Waals surface area contributed by atoms with Crippen molar-refractivity contribution in [3.05, 3.63) is 77.9 Å². The molecule has 8 heteroatoms. The molecule has 2 aliphatic heterocycles. The summed E-state index contributed by atoms with van der Waals surface area (Å²) in [5.74, 6) is 0.599. The van der Waals surface area contributed by atoms with Crippen molar-refractivity contribution in [2.75, 3.05) is 19.7 Å². The van der Waals surface area contributed by atoms with Crippen LogP contribution in [0.15, 0.2) is 71.6 Å². The number of benzene rings is 2. The number of amides is 1. The molecular formula is C27H34N2O5S. The summed E-state index contributed by atoms with van der Waals surface area (Å²) in [6.45, 7) is 2.99. The summed E-state index contributed by atoms with van der Waals surface area (Å²) in [4.78, 5) is 14.9. The molecule has 7 nitrogen and oxygen atoms in total. The van der Waals surface area contributed by atoms with Gasteiger partial charge in [-0.05, 0) is 49.8 Å². The van der Waals surface area contributed by atoms with Crippen molar-refractivity contribution in [3.63, 3.8) is 0 Å². The van der Waals surface area contributed by atoms with Gasteiger partial charge in [0.25, 0.3) is 0 Å². The summed E-state index contributed by atoms with van der Waals surface area (Å²) in [6, 6.07) is 16.3. The number of likely N-dealkylation sites (tertiary alicyclic amines) is 1. The molecule has 1 fully saturated rings. The number of rotatable bonds is 8. The maximum Gasteiger partial charge on any atom is 0.241 e. The van der Waals surface area contributed by atoms with Crippen molar-refractivity contribution >= 4 is 15.9 Å². The number of aryl methyl sites for hydroxylation is 1. The minimum absolute atomic E-state index is 0.0215. The number of aliphatic hydroxyl groups excluding tert-OH is 1. The average molecular weight is 499 g/mol. The smallest absolute Gasteiger partial charge is 0.241 e. The highest BCUT2D eigenvalue weighted by molar-refractivity contribution is 7.89. The van der Waals surface area contributed by atoms with Gasteiger partial charge in [0.1, 0.15) is 6.10 Å². The van der Waals surface area contributed by atoms with E-state index in [0.29, 0.717) is 5.92 Å². The lowest BCUT2D eigenvalue weighted by molar-refractivity contribution is -0.136. The number of hydrogen-bond donors (Lipinski definition) is 2. The number of nitrogens with one attached hydrogen (secondary N) is 1. The second-order valence-corrected chi connectivity index (χ2v) is 11.2. The first-order valence-corrected chi connectivity index (χ1v) is 13.7. The van der Waals surface area contributed by atoms with Crippen molar-refractivity contribution < 1.29 is 23.1 Å². The first-order valence-electron chi connectivity index (χ1n) is 12.2. The molecule has 0 aromatic heterocycles. The lowest BCUT2D eigenvalue weighted by Gasteiger charge is -2.35. The van der Waals surface area contributed by atoms with E-state index in [1.54, 1.807) is 36.4 Å². The summed E-state index contributed by atoms with van der Waals surface area (Å²) in [5, 5.41) is 9.83. The molecule has 2 heterocycles. The van der Waals surface area contributed by atoms with Crippen LogP contribution < -0.4 is 4.72 Å². The number of sulfonamides is 1. The van der Waals surface area contributed by atoms with Gasteiger partial charge >= 0.3 is 0 Å². The quantitative estimate of drug-likeness (QED) is 0.546. The van der Waals surface area contributed by atoms with Gasteiger partial charge < -0.3 is 14.7 Å². The molecule has 0 saturated carbocycles. The fourth-order valence-corrected chi connectivity index (χ4v) is 5.93. The van der Waals surface area contributed by atoms with Crippen LogP contribution in [-0.2, 0) is 26.0 Å². The van der Waals surface area contributed by atoms with Gasteiger partial charge in [-0.2, -0.15) is 0 Å². The number of nitrogens with zero attached hydrogens (tertiary/aromatic N) is 1. The first-order chi connectivity index (χ1) is 16.8. The number of ether oxygens (including phenoxy) is 1. The average Bonchev–Trinajstić information content (AvgIpc) is 2.86. The minimum Gasteiger partial charge on any atom is -0.394 e. The number of aliphatic hydroxyl groups is 1. The summed E-state index contributed by atoms with van der Waals surface area (Å²) in [5.41, 5.74) is 2.30. The van der Waals surface area contributed by atoms with Crippen molar-refractivity contribution in [2.45, 2.75) is 55.8 Å². The zero-order valence-corrected chi connectivity index (χ0v) is 20.9. The van der Waals surface area contributed by atoms with Crippen molar-refractivity contribution in [1.29, 1.82) is 0 Å². The molecule has 2 aliphatic rings. The molecular weight excluding hydrogens is 464 g/mol. The van der Waals surface area contributed by atoms with Gasteiger partial charge in [0.05, 0.1) is 30.1 Å². The van der Waals surface area contributed by atoms with E-state index in [9.17, 15) is 18.3 Å². The van der Waals surface area contributed by atoms with Crippen LogP contribution in [0.2, 0.25) is 0 Å². The Balaban J connectivity index is 1.29. The van der Waals surface area contributed by atoms with Crippen molar-refractivity contribution in [2.24, 2.45) is 5.92 Å². The Morgan fingerprint density at radius 1 is 1.06 bits per heavy atom. The first kappa shape index (κ1) is 25.6. The van der Waals surface area contributed by atoms with Crippen LogP contribution >= 0.6 is 0 Å². The standard InChI is InChI=1S/C27H34N2O5S/c1-20-7-10-24(11-8-20)35(32,33)28-25-12-9-23(34-26(25)19-30)18-27(31)29-15-13-22(14-16-29)17-21-5-3-2-4-6-21/h2-12,22-23,25-26,28,30H,13-19H2,1H3/t23-,25+,26+/m1/s1. The second kappa shape index (κ2) is 11.5. The van der Waals surface area contributed by atoms with Gasteiger partial charge in [-0.1, -0.05) is 60.2 Å². The molecule has 0 aliphatic carbocycles. The van der Waals surface area contributed by atoms with Gasteiger partial charge in [0, 0.05) is 13.1 Å². The van der Waals surface area contributed by atoms with E-state index in [4.69, 9.17) is 4.74 Å². The van der Waals surface area contributed by atoms with Crippen LogP contribution in [0, 0.1) is 12.8 Å². The molecule has 4 rings (SSSR count). The fraction of sp³-hybridized carbons (Fsp3) is 0.444. The Hall–Kier alpha value is -2.52. The molecule has 0 bridgehead atoms. The Kier molecular flexibility index (Phi) is 8.38. The van der Waals surface area contributed by atoms with Gasteiger partial charge in [0.15, 0.2) is 0 Å².